The topological polar surface area (TPSA) is 72.4 Å². The SMILES string of the molecule is Cc1noc(C)c1CC(=O)N1CCCC(CCN)C1.Cl. The summed E-state index contributed by atoms with van der Waals surface area (Å²) >= 11 is 0. The molecule has 2 N–H and O–H groups in total. The fourth-order valence-corrected chi connectivity index (χ4v) is 2.78. The van der Waals surface area contributed by atoms with E-state index in [4.69, 9.17) is 10.3 Å². The van der Waals surface area contributed by atoms with Crippen molar-refractivity contribution in [1.82, 2.24) is 10.1 Å². The number of carbonyl (C=O) groups is 1. The van der Waals surface area contributed by atoms with Crippen molar-refractivity contribution in [1.29, 1.82) is 0 Å². The Morgan fingerprint density at radius 3 is 2.85 bits per heavy atom. The molecule has 0 aromatic carbocycles. The number of hydrogen-bond acceptors (Lipinski definition) is 4. The van der Waals surface area contributed by atoms with Crippen LogP contribution in [0.15, 0.2) is 4.52 Å². The largest absolute Gasteiger partial charge is 0.361 e. The summed E-state index contributed by atoms with van der Waals surface area (Å²) in [6.45, 7) is 6.15. The molecule has 6 heteroatoms. The van der Waals surface area contributed by atoms with E-state index in [2.05, 4.69) is 5.16 Å². The summed E-state index contributed by atoms with van der Waals surface area (Å²) in [7, 11) is 0. The number of aryl methyl sites for hydroxylation is 2. The van der Waals surface area contributed by atoms with Gasteiger partial charge in [0.05, 0.1) is 12.1 Å². The van der Waals surface area contributed by atoms with Gasteiger partial charge in [-0.05, 0) is 45.6 Å². The lowest BCUT2D eigenvalue weighted by molar-refractivity contribution is -0.132. The van der Waals surface area contributed by atoms with Crippen LogP contribution in [0.2, 0.25) is 0 Å². The predicted molar refractivity (Wildman–Crippen MR) is 79.9 cm³/mol. The first-order valence-electron chi connectivity index (χ1n) is 7.01. The number of aromatic nitrogens is 1. The van der Waals surface area contributed by atoms with Gasteiger partial charge in [0.25, 0.3) is 0 Å². The van der Waals surface area contributed by atoms with Crippen molar-refractivity contribution in [3.8, 4) is 0 Å². The second kappa shape index (κ2) is 7.64. The van der Waals surface area contributed by atoms with Gasteiger partial charge in [-0.2, -0.15) is 0 Å². The van der Waals surface area contributed by atoms with Crippen molar-refractivity contribution in [2.24, 2.45) is 11.7 Å². The van der Waals surface area contributed by atoms with Crippen molar-refractivity contribution in [2.45, 2.75) is 39.5 Å². The predicted octanol–water partition coefficient (Wildman–Crippen LogP) is 1.84. The number of halogens is 1. The molecule has 2 rings (SSSR count). The Labute approximate surface area is 126 Å². The quantitative estimate of drug-likeness (QED) is 0.921. The molecular weight excluding hydrogens is 278 g/mol. The van der Waals surface area contributed by atoms with E-state index in [1.807, 2.05) is 18.7 Å². The first-order chi connectivity index (χ1) is 9.11. The second-order valence-electron chi connectivity index (χ2n) is 5.40. The van der Waals surface area contributed by atoms with Gasteiger partial charge < -0.3 is 15.2 Å². The maximum Gasteiger partial charge on any atom is 0.227 e. The van der Waals surface area contributed by atoms with Gasteiger partial charge in [-0.15, -0.1) is 12.4 Å². The number of piperidine rings is 1. The molecule has 1 atom stereocenters. The number of likely N-dealkylation sites (tertiary alicyclic amines) is 1. The molecule has 5 nitrogen and oxygen atoms in total. The molecule has 1 aliphatic heterocycles. The summed E-state index contributed by atoms with van der Waals surface area (Å²) in [4.78, 5) is 14.3. The van der Waals surface area contributed by atoms with Crippen molar-refractivity contribution in [3.05, 3.63) is 17.0 Å². The molecule has 0 bridgehead atoms. The van der Waals surface area contributed by atoms with Gasteiger partial charge in [-0.1, -0.05) is 5.16 Å². The standard InChI is InChI=1S/C14H23N3O2.ClH/c1-10-13(11(2)19-16-10)8-14(18)17-7-3-4-12(9-17)5-6-15;/h12H,3-9,15H2,1-2H3;1H. The molecule has 0 spiro atoms. The van der Waals surface area contributed by atoms with Crippen LogP contribution in [0.3, 0.4) is 0 Å². The molecule has 0 radical (unpaired) electrons. The van der Waals surface area contributed by atoms with E-state index in [9.17, 15) is 4.79 Å². The van der Waals surface area contributed by atoms with E-state index >= 15 is 0 Å². The van der Waals surface area contributed by atoms with Gasteiger partial charge in [-0.3, -0.25) is 4.79 Å². The van der Waals surface area contributed by atoms with Gasteiger partial charge >= 0.3 is 0 Å². The summed E-state index contributed by atoms with van der Waals surface area (Å²) in [5.41, 5.74) is 7.36. The van der Waals surface area contributed by atoms with E-state index in [-0.39, 0.29) is 18.3 Å². The minimum atomic E-state index is 0. The molecule has 1 amide bonds. The van der Waals surface area contributed by atoms with Gasteiger partial charge in [0.1, 0.15) is 5.76 Å². The maximum absolute atomic E-state index is 12.3. The van der Waals surface area contributed by atoms with Gasteiger partial charge in [0, 0.05) is 18.7 Å². The Kier molecular flexibility index (Phi) is 6.49. The lowest BCUT2D eigenvalue weighted by Gasteiger charge is -2.32. The summed E-state index contributed by atoms with van der Waals surface area (Å²) in [5, 5.41) is 3.90. The fourth-order valence-electron chi connectivity index (χ4n) is 2.78. The Hall–Kier alpha value is -1.07. The highest BCUT2D eigenvalue weighted by atomic mass is 35.5. The lowest BCUT2D eigenvalue weighted by Crippen LogP contribution is -2.41. The van der Waals surface area contributed by atoms with E-state index in [1.165, 1.54) is 6.42 Å². The van der Waals surface area contributed by atoms with Crippen LogP contribution in [0.4, 0.5) is 0 Å². The van der Waals surface area contributed by atoms with E-state index in [0.717, 1.165) is 42.9 Å². The minimum Gasteiger partial charge on any atom is -0.361 e. The van der Waals surface area contributed by atoms with E-state index in [0.29, 0.717) is 18.9 Å². The summed E-state index contributed by atoms with van der Waals surface area (Å²) < 4.78 is 5.11. The monoisotopic (exact) mass is 301 g/mol. The summed E-state index contributed by atoms with van der Waals surface area (Å²) in [6, 6.07) is 0. The Bertz CT molecular complexity index is 426. The van der Waals surface area contributed by atoms with E-state index < -0.39 is 0 Å². The zero-order chi connectivity index (χ0) is 13.8. The third-order valence-corrected chi connectivity index (χ3v) is 3.96. The first-order valence-corrected chi connectivity index (χ1v) is 7.01. The van der Waals surface area contributed by atoms with Gasteiger partial charge in [0.2, 0.25) is 5.91 Å². The minimum absolute atomic E-state index is 0. The summed E-state index contributed by atoms with van der Waals surface area (Å²) in [6.07, 6.45) is 3.68. The third-order valence-electron chi connectivity index (χ3n) is 3.96. The average Bonchev–Trinajstić information content (AvgIpc) is 2.71. The fraction of sp³-hybridized carbons (Fsp3) is 0.714. The van der Waals surface area contributed by atoms with Crippen LogP contribution in [0.1, 0.15) is 36.3 Å². The molecule has 1 aromatic rings. The average molecular weight is 302 g/mol. The molecule has 2 heterocycles. The molecule has 1 unspecified atom stereocenters. The van der Waals surface area contributed by atoms with Crippen LogP contribution in [0.25, 0.3) is 0 Å². The number of amides is 1. The van der Waals surface area contributed by atoms with Crippen LogP contribution in [-0.4, -0.2) is 35.6 Å². The molecule has 20 heavy (non-hydrogen) atoms. The first kappa shape index (κ1) is 17.0. The highest BCUT2D eigenvalue weighted by molar-refractivity contribution is 5.85. The van der Waals surface area contributed by atoms with Gasteiger partial charge in [0.15, 0.2) is 0 Å². The zero-order valence-corrected chi connectivity index (χ0v) is 13.0. The number of rotatable bonds is 4. The van der Waals surface area contributed by atoms with Gasteiger partial charge in [-0.25, -0.2) is 0 Å². The lowest BCUT2D eigenvalue weighted by atomic mass is 9.94. The Morgan fingerprint density at radius 2 is 2.25 bits per heavy atom. The van der Waals surface area contributed by atoms with Crippen molar-refractivity contribution in [2.75, 3.05) is 19.6 Å². The van der Waals surface area contributed by atoms with Crippen LogP contribution in [0, 0.1) is 19.8 Å². The molecule has 114 valence electrons. The van der Waals surface area contributed by atoms with Crippen LogP contribution in [0.5, 0.6) is 0 Å². The maximum atomic E-state index is 12.3. The molecule has 1 fully saturated rings. The Balaban J connectivity index is 0.00000200. The molecule has 0 aliphatic carbocycles. The van der Waals surface area contributed by atoms with Crippen molar-refractivity contribution >= 4 is 18.3 Å². The zero-order valence-electron chi connectivity index (χ0n) is 12.2. The summed E-state index contributed by atoms with van der Waals surface area (Å²) in [5.74, 6) is 1.49. The highest BCUT2D eigenvalue weighted by Crippen LogP contribution is 2.21. The third kappa shape index (κ3) is 3.96. The molecule has 1 aromatic heterocycles. The Morgan fingerprint density at radius 1 is 1.50 bits per heavy atom. The molecule has 0 saturated carbocycles. The van der Waals surface area contributed by atoms with Crippen LogP contribution in [-0.2, 0) is 11.2 Å². The molecule has 1 saturated heterocycles. The van der Waals surface area contributed by atoms with E-state index in [1.54, 1.807) is 0 Å². The normalized spacial score (nSPS) is 18.8. The van der Waals surface area contributed by atoms with Crippen LogP contribution >= 0.6 is 12.4 Å². The van der Waals surface area contributed by atoms with Crippen molar-refractivity contribution in [3.63, 3.8) is 0 Å². The highest BCUT2D eigenvalue weighted by Gasteiger charge is 2.24. The van der Waals surface area contributed by atoms with Crippen LogP contribution < -0.4 is 5.73 Å². The smallest absolute Gasteiger partial charge is 0.227 e. The van der Waals surface area contributed by atoms with Crippen molar-refractivity contribution < 1.29 is 9.32 Å². The molecular formula is C14H24ClN3O2. The number of carbonyl (C=O) groups excluding carboxylic acids is 1. The molecule has 1 aliphatic rings. The number of nitrogens with zero attached hydrogens (tertiary/aromatic N) is 2. The number of hydrogen-bond donors (Lipinski definition) is 1. The number of nitrogens with two attached hydrogens (primary N) is 1. The second-order valence-corrected chi connectivity index (χ2v) is 5.40.